The lowest BCUT2D eigenvalue weighted by atomic mass is 10.1. The van der Waals surface area contributed by atoms with Gasteiger partial charge >= 0.3 is 0 Å². The molecule has 1 N–H and O–H groups in total. The van der Waals surface area contributed by atoms with E-state index >= 15 is 0 Å². The van der Waals surface area contributed by atoms with E-state index in [1.54, 1.807) is 12.1 Å². The van der Waals surface area contributed by atoms with Crippen molar-refractivity contribution < 1.29 is 18.7 Å². The SMILES string of the molecule is CC(C)c1nc2ccc(C(=O)NC(C)c3ccc4c(c3)OCCO4)cc2o1. The molecule has 0 fully saturated rings. The van der Waals surface area contributed by atoms with Gasteiger partial charge in [-0.3, -0.25) is 4.79 Å². The average molecular weight is 366 g/mol. The standard InChI is InChI=1S/C21H22N2O4/c1-12(2)21-23-16-6-4-15(11-18(16)27-21)20(24)22-13(3)14-5-7-17-19(10-14)26-9-8-25-17/h4-7,10-13H,8-9H2,1-3H3,(H,22,24). The van der Waals surface area contributed by atoms with E-state index in [0.29, 0.717) is 36.0 Å². The Morgan fingerprint density at radius 3 is 2.59 bits per heavy atom. The van der Waals surface area contributed by atoms with E-state index in [2.05, 4.69) is 10.3 Å². The van der Waals surface area contributed by atoms with Crippen LogP contribution in [0.5, 0.6) is 11.5 Å². The molecule has 0 saturated carbocycles. The van der Waals surface area contributed by atoms with Crippen molar-refractivity contribution in [3.8, 4) is 11.5 Å². The largest absolute Gasteiger partial charge is 0.486 e. The van der Waals surface area contributed by atoms with Crippen LogP contribution in [0.3, 0.4) is 0 Å². The fraction of sp³-hybridized carbons (Fsp3) is 0.333. The molecule has 2 aromatic carbocycles. The van der Waals surface area contributed by atoms with Gasteiger partial charge < -0.3 is 19.2 Å². The fourth-order valence-corrected chi connectivity index (χ4v) is 3.02. The number of oxazole rings is 1. The molecular formula is C21H22N2O4. The minimum Gasteiger partial charge on any atom is -0.486 e. The van der Waals surface area contributed by atoms with Crippen LogP contribution in [0, 0.1) is 0 Å². The van der Waals surface area contributed by atoms with Crippen LogP contribution in [0.4, 0.5) is 0 Å². The van der Waals surface area contributed by atoms with Gasteiger partial charge in [-0.05, 0) is 42.8 Å². The molecule has 140 valence electrons. The predicted molar refractivity (Wildman–Crippen MR) is 101 cm³/mol. The maximum atomic E-state index is 12.7. The van der Waals surface area contributed by atoms with E-state index in [-0.39, 0.29) is 17.9 Å². The van der Waals surface area contributed by atoms with E-state index in [0.717, 1.165) is 16.8 Å². The number of nitrogens with zero attached hydrogens (tertiary/aromatic N) is 1. The Morgan fingerprint density at radius 1 is 1.04 bits per heavy atom. The topological polar surface area (TPSA) is 73.6 Å². The number of nitrogens with one attached hydrogen (secondary N) is 1. The lowest BCUT2D eigenvalue weighted by molar-refractivity contribution is 0.0939. The molecule has 1 atom stereocenters. The normalized spacial score (nSPS) is 14.4. The van der Waals surface area contributed by atoms with E-state index in [1.807, 2.05) is 45.0 Å². The Labute approximate surface area is 157 Å². The van der Waals surface area contributed by atoms with E-state index in [9.17, 15) is 4.79 Å². The summed E-state index contributed by atoms with van der Waals surface area (Å²) >= 11 is 0. The number of carbonyl (C=O) groups excluding carboxylic acids is 1. The molecule has 2 heterocycles. The number of amides is 1. The van der Waals surface area contributed by atoms with Gasteiger partial charge in [0.15, 0.2) is 23.0 Å². The summed E-state index contributed by atoms with van der Waals surface area (Å²) in [5, 5.41) is 3.02. The second-order valence-electron chi connectivity index (χ2n) is 6.99. The number of hydrogen-bond acceptors (Lipinski definition) is 5. The first-order chi connectivity index (χ1) is 13.0. The summed E-state index contributed by atoms with van der Waals surface area (Å²) in [4.78, 5) is 17.1. The molecule has 1 aliphatic rings. The van der Waals surface area contributed by atoms with Gasteiger partial charge in [0.1, 0.15) is 18.7 Å². The van der Waals surface area contributed by atoms with Crippen molar-refractivity contribution in [2.24, 2.45) is 0 Å². The van der Waals surface area contributed by atoms with Gasteiger partial charge in [-0.25, -0.2) is 4.98 Å². The maximum absolute atomic E-state index is 12.7. The third kappa shape index (κ3) is 3.47. The molecule has 0 bridgehead atoms. The minimum atomic E-state index is -0.176. The van der Waals surface area contributed by atoms with Crippen molar-refractivity contribution in [3.63, 3.8) is 0 Å². The molecule has 0 spiro atoms. The Morgan fingerprint density at radius 2 is 1.81 bits per heavy atom. The summed E-state index contributed by atoms with van der Waals surface area (Å²) in [6, 6.07) is 10.9. The zero-order valence-corrected chi connectivity index (χ0v) is 15.6. The summed E-state index contributed by atoms with van der Waals surface area (Å²) in [6.45, 7) is 7.07. The number of carbonyl (C=O) groups is 1. The quantitative estimate of drug-likeness (QED) is 0.749. The summed E-state index contributed by atoms with van der Waals surface area (Å²) in [5.74, 6) is 2.16. The molecular weight excluding hydrogens is 344 g/mol. The van der Waals surface area contributed by atoms with Gasteiger partial charge in [0, 0.05) is 11.5 Å². The first kappa shape index (κ1) is 17.4. The van der Waals surface area contributed by atoms with Gasteiger partial charge in [0.2, 0.25) is 0 Å². The number of rotatable bonds is 4. The Bertz CT molecular complexity index is 993. The summed E-state index contributed by atoms with van der Waals surface area (Å²) in [6.07, 6.45) is 0. The Kier molecular flexibility index (Phi) is 4.48. The third-order valence-corrected chi connectivity index (χ3v) is 4.57. The minimum absolute atomic E-state index is 0.165. The number of aromatic nitrogens is 1. The van der Waals surface area contributed by atoms with Crippen molar-refractivity contribution in [1.82, 2.24) is 10.3 Å². The summed E-state index contributed by atoms with van der Waals surface area (Å²) in [5.41, 5.74) is 2.88. The number of fused-ring (bicyclic) bond motifs is 2. The molecule has 0 aliphatic carbocycles. The first-order valence-corrected chi connectivity index (χ1v) is 9.12. The number of benzene rings is 2. The molecule has 1 unspecified atom stereocenters. The van der Waals surface area contributed by atoms with Crippen LogP contribution in [0.15, 0.2) is 40.8 Å². The molecule has 0 radical (unpaired) electrons. The van der Waals surface area contributed by atoms with Crippen LogP contribution >= 0.6 is 0 Å². The average Bonchev–Trinajstić information content (AvgIpc) is 3.11. The second-order valence-corrected chi connectivity index (χ2v) is 6.99. The first-order valence-electron chi connectivity index (χ1n) is 9.12. The zero-order chi connectivity index (χ0) is 19.0. The molecule has 6 heteroatoms. The molecule has 27 heavy (non-hydrogen) atoms. The van der Waals surface area contributed by atoms with Gasteiger partial charge in [-0.2, -0.15) is 0 Å². The molecule has 1 aliphatic heterocycles. The second kappa shape index (κ2) is 6.95. The molecule has 1 aromatic heterocycles. The van der Waals surface area contributed by atoms with Crippen molar-refractivity contribution in [1.29, 1.82) is 0 Å². The number of ether oxygens (including phenoxy) is 2. The van der Waals surface area contributed by atoms with Crippen molar-refractivity contribution in [3.05, 3.63) is 53.4 Å². The van der Waals surface area contributed by atoms with Crippen molar-refractivity contribution in [2.45, 2.75) is 32.7 Å². The molecule has 1 amide bonds. The highest BCUT2D eigenvalue weighted by atomic mass is 16.6. The highest BCUT2D eigenvalue weighted by Crippen LogP contribution is 2.32. The smallest absolute Gasteiger partial charge is 0.251 e. The lowest BCUT2D eigenvalue weighted by Crippen LogP contribution is -2.26. The van der Waals surface area contributed by atoms with Crippen LogP contribution in [-0.2, 0) is 0 Å². The van der Waals surface area contributed by atoms with Crippen LogP contribution in [0.1, 0.15) is 54.5 Å². The Hall–Kier alpha value is -3.02. The van der Waals surface area contributed by atoms with Crippen LogP contribution in [-0.4, -0.2) is 24.1 Å². The summed E-state index contributed by atoms with van der Waals surface area (Å²) < 4.78 is 16.9. The Balaban J connectivity index is 1.52. The summed E-state index contributed by atoms with van der Waals surface area (Å²) in [7, 11) is 0. The monoisotopic (exact) mass is 366 g/mol. The lowest BCUT2D eigenvalue weighted by Gasteiger charge is -2.21. The van der Waals surface area contributed by atoms with Crippen LogP contribution < -0.4 is 14.8 Å². The van der Waals surface area contributed by atoms with Gasteiger partial charge in [0.05, 0.1) is 6.04 Å². The van der Waals surface area contributed by atoms with E-state index in [1.165, 1.54) is 0 Å². The maximum Gasteiger partial charge on any atom is 0.251 e. The predicted octanol–water partition coefficient (Wildman–Crippen LogP) is 4.21. The van der Waals surface area contributed by atoms with E-state index in [4.69, 9.17) is 13.9 Å². The van der Waals surface area contributed by atoms with Crippen molar-refractivity contribution >= 4 is 17.0 Å². The molecule has 3 aromatic rings. The zero-order valence-electron chi connectivity index (χ0n) is 15.6. The highest BCUT2D eigenvalue weighted by Gasteiger charge is 2.17. The van der Waals surface area contributed by atoms with E-state index < -0.39 is 0 Å². The van der Waals surface area contributed by atoms with Crippen LogP contribution in [0.25, 0.3) is 11.1 Å². The van der Waals surface area contributed by atoms with Gasteiger partial charge in [0.25, 0.3) is 5.91 Å². The van der Waals surface area contributed by atoms with Crippen LogP contribution in [0.2, 0.25) is 0 Å². The fourth-order valence-electron chi connectivity index (χ4n) is 3.02. The van der Waals surface area contributed by atoms with Gasteiger partial charge in [-0.1, -0.05) is 19.9 Å². The molecule has 0 saturated heterocycles. The molecule has 6 nitrogen and oxygen atoms in total. The third-order valence-electron chi connectivity index (χ3n) is 4.57. The molecule has 4 rings (SSSR count). The van der Waals surface area contributed by atoms with Gasteiger partial charge in [-0.15, -0.1) is 0 Å². The van der Waals surface area contributed by atoms with Crippen molar-refractivity contribution in [2.75, 3.05) is 13.2 Å². The number of hydrogen-bond donors (Lipinski definition) is 1. The highest BCUT2D eigenvalue weighted by molar-refractivity contribution is 5.97.